The Kier molecular flexibility index (Phi) is 11.2. The van der Waals surface area contributed by atoms with E-state index in [1.165, 1.54) is 0 Å². The highest BCUT2D eigenvalue weighted by atomic mass is 79.9. The number of carbonyl (C=O) groups excluding carboxylic acids is 1. The van der Waals surface area contributed by atoms with Crippen molar-refractivity contribution in [2.45, 2.75) is 35.8 Å². The molecular formula is C35H34BrClN2O6S. The van der Waals surface area contributed by atoms with E-state index in [9.17, 15) is 13.2 Å². The molecule has 11 heteroatoms. The molecule has 1 aliphatic rings. The Morgan fingerprint density at radius 1 is 0.978 bits per heavy atom. The van der Waals surface area contributed by atoms with Crippen LogP contribution >= 0.6 is 27.5 Å². The topological polar surface area (TPSA) is 114 Å². The zero-order valence-electron chi connectivity index (χ0n) is 24.9. The number of sulfone groups is 1. The number of carbonyl (C=O) groups is 1. The van der Waals surface area contributed by atoms with Gasteiger partial charge in [-0.3, -0.25) is 4.79 Å². The van der Waals surface area contributed by atoms with Crippen LogP contribution in [0.5, 0.6) is 5.75 Å². The van der Waals surface area contributed by atoms with E-state index >= 15 is 0 Å². The number of aliphatic hydroxyl groups is 1. The number of amides is 1. The molecule has 2 atom stereocenters. The molecule has 0 unspecified atom stereocenters. The molecule has 0 aliphatic carbocycles. The van der Waals surface area contributed by atoms with Gasteiger partial charge in [-0.05, 0) is 60.5 Å². The van der Waals surface area contributed by atoms with Crippen LogP contribution in [0.15, 0.2) is 117 Å². The largest absolute Gasteiger partial charge is 0.494 e. The van der Waals surface area contributed by atoms with Gasteiger partial charge in [-0.15, -0.1) is 0 Å². The van der Waals surface area contributed by atoms with E-state index in [1.54, 1.807) is 60.7 Å². The molecule has 0 bridgehead atoms. The lowest BCUT2D eigenvalue weighted by molar-refractivity contribution is -0.129. The van der Waals surface area contributed by atoms with Gasteiger partial charge in [0.25, 0.3) is 5.91 Å². The number of nitrogens with zero attached hydrogens (tertiary/aromatic N) is 1. The molecule has 2 N–H and O–H groups in total. The second-order valence-corrected chi connectivity index (χ2v) is 14.2. The number of ether oxygens (including phenoxy) is 2. The van der Waals surface area contributed by atoms with Crippen LogP contribution in [0.3, 0.4) is 0 Å². The van der Waals surface area contributed by atoms with Gasteiger partial charge in [0.15, 0.2) is 21.5 Å². The highest BCUT2D eigenvalue weighted by Crippen LogP contribution is 2.45. The van der Waals surface area contributed by atoms with E-state index in [0.29, 0.717) is 45.8 Å². The van der Waals surface area contributed by atoms with Crippen molar-refractivity contribution in [3.63, 3.8) is 0 Å². The minimum atomic E-state index is -3.77. The molecule has 0 saturated carbocycles. The normalized spacial score (nSPS) is 17.6. The van der Waals surface area contributed by atoms with E-state index in [-0.39, 0.29) is 36.1 Å². The number of aliphatic hydroxyl groups excluding tert-OH is 1. The quantitative estimate of drug-likeness (QED) is 0.147. The van der Waals surface area contributed by atoms with Crippen LogP contribution in [0.2, 0.25) is 5.02 Å². The monoisotopic (exact) mass is 724 g/mol. The molecule has 0 saturated heterocycles. The first-order valence-electron chi connectivity index (χ1n) is 14.9. The van der Waals surface area contributed by atoms with Crippen molar-refractivity contribution in [3.05, 3.63) is 129 Å². The fraction of sp³-hybridized carbons (Fsp3) is 0.257. The van der Waals surface area contributed by atoms with Crippen molar-refractivity contribution in [1.82, 2.24) is 5.32 Å². The Hall–Kier alpha value is -3.70. The predicted molar refractivity (Wildman–Crippen MR) is 182 cm³/mol. The molecule has 1 amide bonds. The first-order chi connectivity index (χ1) is 22.2. The predicted octanol–water partition coefficient (Wildman–Crippen LogP) is 6.34. The van der Waals surface area contributed by atoms with Crippen LogP contribution in [0.1, 0.15) is 35.6 Å². The summed E-state index contributed by atoms with van der Waals surface area (Å²) in [7, 11) is -3.77. The Labute approximate surface area is 282 Å². The van der Waals surface area contributed by atoms with E-state index in [2.05, 4.69) is 21.2 Å². The number of nitrogens with one attached hydrogen (secondary N) is 1. The van der Waals surface area contributed by atoms with Gasteiger partial charge in [0.05, 0.1) is 17.3 Å². The zero-order chi connectivity index (χ0) is 32.6. The lowest BCUT2D eigenvalue weighted by Crippen LogP contribution is -2.49. The fourth-order valence-corrected chi connectivity index (χ4v) is 7.35. The lowest BCUT2D eigenvalue weighted by atomic mass is 9.85. The Balaban J connectivity index is 1.53. The van der Waals surface area contributed by atoms with Crippen LogP contribution in [-0.4, -0.2) is 56.4 Å². The summed E-state index contributed by atoms with van der Waals surface area (Å²) in [4.78, 5) is 19.5. The van der Waals surface area contributed by atoms with Crippen LogP contribution in [0.4, 0.5) is 0 Å². The van der Waals surface area contributed by atoms with Crippen molar-refractivity contribution in [1.29, 1.82) is 0 Å². The molecule has 1 heterocycles. The average Bonchev–Trinajstić information content (AvgIpc) is 3.46. The molecule has 0 spiro atoms. The number of rotatable bonds is 14. The number of benzene rings is 4. The second kappa shape index (κ2) is 15.3. The van der Waals surface area contributed by atoms with E-state index in [0.717, 1.165) is 5.56 Å². The third-order valence-corrected chi connectivity index (χ3v) is 10.5. The lowest BCUT2D eigenvalue weighted by Gasteiger charge is -2.31. The van der Waals surface area contributed by atoms with Crippen molar-refractivity contribution in [2.75, 3.05) is 25.5 Å². The Bertz CT molecular complexity index is 1790. The molecule has 1 aliphatic heterocycles. The summed E-state index contributed by atoms with van der Waals surface area (Å²) in [5.41, 5.74) is 0.505. The maximum Gasteiger partial charge on any atom is 0.252 e. The molecule has 46 heavy (non-hydrogen) atoms. The third-order valence-electron chi connectivity index (χ3n) is 7.71. The van der Waals surface area contributed by atoms with Gasteiger partial charge < -0.3 is 19.9 Å². The maximum absolute atomic E-state index is 14.4. The van der Waals surface area contributed by atoms with E-state index < -0.39 is 27.4 Å². The average molecular weight is 726 g/mol. The SMILES string of the molecule is O=C(NCCc1ccccc1Cl)[C@]1(CCS(=O)(=O)c2ccccc2)N=C(c2ccc(OCCCO)cc2)O[C@@H]1c1ccccc1Br. The molecule has 0 radical (unpaired) electrons. The minimum absolute atomic E-state index is 0.0295. The molecule has 4 aromatic carbocycles. The van der Waals surface area contributed by atoms with Gasteiger partial charge in [-0.1, -0.05) is 82.1 Å². The highest BCUT2D eigenvalue weighted by molar-refractivity contribution is 9.10. The van der Waals surface area contributed by atoms with Crippen LogP contribution in [-0.2, 0) is 25.8 Å². The van der Waals surface area contributed by atoms with Gasteiger partial charge in [0.2, 0.25) is 5.90 Å². The van der Waals surface area contributed by atoms with E-state index in [4.69, 9.17) is 31.2 Å². The van der Waals surface area contributed by atoms with Crippen LogP contribution < -0.4 is 10.1 Å². The summed E-state index contributed by atoms with van der Waals surface area (Å²) < 4.78 is 39.9. The number of hydrogen-bond donors (Lipinski definition) is 2. The van der Waals surface area contributed by atoms with Gasteiger partial charge in [0, 0.05) is 46.6 Å². The van der Waals surface area contributed by atoms with Crippen LogP contribution in [0, 0.1) is 0 Å². The van der Waals surface area contributed by atoms with Crippen molar-refractivity contribution < 1.29 is 27.8 Å². The number of aliphatic imine (C=N–C) groups is 1. The first-order valence-corrected chi connectivity index (χ1v) is 17.7. The van der Waals surface area contributed by atoms with Gasteiger partial charge in [-0.25, -0.2) is 13.4 Å². The van der Waals surface area contributed by atoms with Crippen LogP contribution in [0.25, 0.3) is 0 Å². The molecule has 240 valence electrons. The molecule has 0 aromatic heterocycles. The molecule has 8 nitrogen and oxygen atoms in total. The van der Waals surface area contributed by atoms with Gasteiger partial charge in [0.1, 0.15) is 5.75 Å². The second-order valence-electron chi connectivity index (χ2n) is 10.8. The Morgan fingerprint density at radius 3 is 2.39 bits per heavy atom. The molecule has 5 rings (SSSR count). The summed E-state index contributed by atoms with van der Waals surface area (Å²) in [6.45, 7) is 0.648. The van der Waals surface area contributed by atoms with Crippen molar-refractivity contribution >= 4 is 49.2 Å². The third kappa shape index (κ3) is 7.81. The number of hydrogen-bond acceptors (Lipinski definition) is 7. The van der Waals surface area contributed by atoms with Gasteiger partial charge in [-0.2, -0.15) is 0 Å². The molecular weight excluding hydrogens is 692 g/mol. The van der Waals surface area contributed by atoms with E-state index in [1.807, 2.05) is 42.5 Å². The van der Waals surface area contributed by atoms with Crippen molar-refractivity contribution in [2.24, 2.45) is 4.99 Å². The standard InChI is InChI=1S/C35H34BrClN2O6S/c36-30-13-6-5-12-29(30)32-35(20-24-46(42,43)28-10-2-1-3-11-28,34(41)38-21-19-25-9-4-7-14-31(25)37)39-33(45-32)26-15-17-27(18-16-26)44-23-8-22-40/h1-7,9-18,32,40H,8,19-24H2,(H,38,41)/t32-,35-/m1/s1. The zero-order valence-corrected chi connectivity index (χ0v) is 28.1. The Morgan fingerprint density at radius 2 is 1.67 bits per heavy atom. The summed E-state index contributed by atoms with van der Waals surface area (Å²) in [5.74, 6) is 0.0208. The highest BCUT2D eigenvalue weighted by Gasteiger charge is 2.54. The summed E-state index contributed by atoms with van der Waals surface area (Å²) in [6, 6.07) is 30.0. The first kappa shape index (κ1) is 33.7. The minimum Gasteiger partial charge on any atom is -0.494 e. The molecule has 0 fully saturated rings. The summed E-state index contributed by atoms with van der Waals surface area (Å²) >= 11 is 9.97. The molecule has 4 aromatic rings. The number of halogens is 2. The summed E-state index contributed by atoms with van der Waals surface area (Å²) in [6.07, 6.45) is -0.103. The van der Waals surface area contributed by atoms with Gasteiger partial charge >= 0.3 is 0 Å². The fourth-order valence-electron chi connectivity index (χ4n) is 5.24. The summed E-state index contributed by atoms with van der Waals surface area (Å²) in [5, 5.41) is 12.7. The smallest absolute Gasteiger partial charge is 0.252 e. The maximum atomic E-state index is 14.4. The van der Waals surface area contributed by atoms with Crippen molar-refractivity contribution in [3.8, 4) is 5.75 Å².